The Balaban J connectivity index is 1.78. The van der Waals surface area contributed by atoms with Crippen LogP contribution in [-0.4, -0.2) is 46.3 Å². The van der Waals surface area contributed by atoms with Gasteiger partial charge in [-0.1, -0.05) is 37.3 Å². The zero-order chi connectivity index (χ0) is 17.6. The first-order valence-corrected chi connectivity index (χ1v) is 9.28. The zero-order valence-electron chi connectivity index (χ0n) is 15.2. The maximum Gasteiger partial charge on any atom is 0.257 e. The molecule has 1 amide bonds. The topological polar surface area (TPSA) is 50.2 Å². The summed E-state index contributed by atoms with van der Waals surface area (Å²) in [5, 5.41) is 7.86. The average Bonchev–Trinajstić information content (AvgIpc) is 3.01. The molecule has 1 aromatic heterocycles. The highest BCUT2D eigenvalue weighted by Crippen LogP contribution is 2.19. The summed E-state index contributed by atoms with van der Waals surface area (Å²) in [6.07, 6.45) is 4.78. The van der Waals surface area contributed by atoms with E-state index in [1.165, 1.54) is 5.56 Å². The highest BCUT2D eigenvalue weighted by atomic mass is 16.2. The quantitative estimate of drug-likeness (QED) is 0.880. The summed E-state index contributed by atoms with van der Waals surface area (Å²) in [5.74, 6) is 0.130. The van der Waals surface area contributed by atoms with Gasteiger partial charge in [-0.15, -0.1) is 0 Å². The number of rotatable bonds is 6. The lowest BCUT2D eigenvalue weighted by molar-refractivity contribution is 0.0642. The van der Waals surface area contributed by atoms with E-state index in [0.717, 1.165) is 50.2 Å². The lowest BCUT2D eigenvalue weighted by Gasteiger charge is -2.34. The number of nitrogens with zero attached hydrogens (tertiary/aromatic N) is 3. The van der Waals surface area contributed by atoms with Crippen molar-refractivity contribution in [3.05, 3.63) is 53.3 Å². The number of carbonyl (C=O) groups is 1. The molecule has 1 fully saturated rings. The number of amides is 1. The van der Waals surface area contributed by atoms with Crippen molar-refractivity contribution in [2.45, 2.75) is 45.7 Å². The van der Waals surface area contributed by atoms with E-state index in [4.69, 9.17) is 0 Å². The monoisotopic (exact) mass is 340 g/mol. The second-order valence-electron chi connectivity index (χ2n) is 6.77. The molecule has 1 aliphatic rings. The molecule has 0 radical (unpaired) electrons. The fourth-order valence-electron chi connectivity index (χ4n) is 3.54. The summed E-state index contributed by atoms with van der Waals surface area (Å²) in [5.41, 5.74) is 2.88. The molecular weight excluding hydrogens is 312 g/mol. The number of hydrogen-bond acceptors (Lipinski definition) is 3. The molecule has 3 rings (SSSR count). The third-order valence-corrected chi connectivity index (χ3v) is 4.98. The molecule has 2 heterocycles. The molecule has 0 bridgehead atoms. The van der Waals surface area contributed by atoms with Crippen LogP contribution in [0.25, 0.3) is 0 Å². The Bertz CT molecular complexity index is 689. The Morgan fingerprint density at radius 1 is 1.28 bits per heavy atom. The first-order chi connectivity index (χ1) is 12.2. The Kier molecular flexibility index (Phi) is 5.87. The number of aromatic nitrogens is 2. The van der Waals surface area contributed by atoms with Gasteiger partial charge in [0, 0.05) is 18.3 Å². The van der Waals surface area contributed by atoms with Crippen LogP contribution in [-0.2, 0) is 6.54 Å². The Morgan fingerprint density at radius 3 is 2.68 bits per heavy atom. The first kappa shape index (κ1) is 17.7. The van der Waals surface area contributed by atoms with Crippen molar-refractivity contribution in [2.24, 2.45) is 0 Å². The molecule has 0 atom stereocenters. The van der Waals surface area contributed by atoms with Crippen molar-refractivity contribution in [3.8, 4) is 0 Å². The molecule has 0 aliphatic carbocycles. The molecule has 5 nitrogen and oxygen atoms in total. The van der Waals surface area contributed by atoms with Gasteiger partial charge < -0.3 is 10.2 Å². The van der Waals surface area contributed by atoms with Crippen LogP contribution in [0.4, 0.5) is 0 Å². The minimum atomic E-state index is 0.130. The minimum Gasteiger partial charge on any atom is -0.335 e. The first-order valence-electron chi connectivity index (χ1n) is 9.28. The molecule has 134 valence electrons. The van der Waals surface area contributed by atoms with Crippen LogP contribution in [0.3, 0.4) is 0 Å². The van der Waals surface area contributed by atoms with Gasteiger partial charge >= 0.3 is 0 Å². The Morgan fingerprint density at radius 2 is 2.00 bits per heavy atom. The lowest BCUT2D eigenvalue weighted by Crippen LogP contribution is -2.46. The number of hydrogen-bond donors (Lipinski definition) is 1. The van der Waals surface area contributed by atoms with Crippen LogP contribution >= 0.6 is 0 Å². The van der Waals surface area contributed by atoms with E-state index < -0.39 is 0 Å². The molecule has 0 saturated carbocycles. The second-order valence-corrected chi connectivity index (χ2v) is 6.77. The number of carbonyl (C=O) groups excluding carboxylic acids is 1. The summed E-state index contributed by atoms with van der Waals surface area (Å²) in [4.78, 5) is 15.2. The standard InChI is InChI=1S/C20H28N4O/c1-3-13-23(18-9-11-21-12-10-18)20(25)19-14-22-24(16(19)2)15-17-7-5-4-6-8-17/h4-8,14,18,21H,3,9-13,15H2,1-2H3. The SMILES string of the molecule is CCCN(C(=O)c1cnn(Cc2ccccc2)c1C)C1CCNCC1. The van der Waals surface area contributed by atoms with Crippen LogP contribution in [0.1, 0.15) is 47.8 Å². The van der Waals surface area contributed by atoms with E-state index >= 15 is 0 Å². The van der Waals surface area contributed by atoms with Gasteiger partial charge in [-0.05, 0) is 44.8 Å². The van der Waals surface area contributed by atoms with Gasteiger partial charge in [0.25, 0.3) is 5.91 Å². The predicted octanol–water partition coefficient (Wildman–Crippen LogP) is 2.84. The highest BCUT2D eigenvalue weighted by Gasteiger charge is 2.27. The third-order valence-electron chi connectivity index (χ3n) is 4.98. The lowest BCUT2D eigenvalue weighted by atomic mass is 10.0. The summed E-state index contributed by atoms with van der Waals surface area (Å²) in [7, 11) is 0. The van der Waals surface area contributed by atoms with Gasteiger partial charge in [0.2, 0.25) is 0 Å². The smallest absolute Gasteiger partial charge is 0.257 e. The zero-order valence-corrected chi connectivity index (χ0v) is 15.2. The molecule has 1 N–H and O–H groups in total. The Hall–Kier alpha value is -2.14. The molecule has 0 unspecified atom stereocenters. The van der Waals surface area contributed by atoms with Crippen LogP contribution in [0.5, 0.6) is 0 Å². The summed E-state index contributed by atoms with van der Waals surface area (Å²) >= 11 is 0. The van der Waals surface area contributed by atoms with Crippen LogP contribution in [0, 0.1) is 6.92 Å². The Labute approximate surface area is 150 Å². The molecule has 1 saturated heterocycles. The van der Waals surface area contributed by atoms with Gasteiger partial charge in [-0.25, -0.2) is 0 Å². The van der Waals surface area contributed by atoms with Crippen molar-refractivity contribution < 1.29 is 4.79 Å². The van der Waals surface area contributed by atoms with Crippen molar-refractivity contribution in [1.29, 1.82) is 0 Å². The number of benzene rings is 1. The van der Waals surface area contributed by atoms with Crippen molar-refractivity contribution in [1.82, 2.24) is 20.0 Å². The number of piperidine rings is 1. The van der Waals surface area contributed by atoms with E-state index in [-0.39, 0.29) is 5.91 Å². The van der Waals surface area contributed by atoms with Crippen molar-refractivity contribution in [2.75, 3.05) is 19.6 Å². The highest BCUT2D eigenvalue weighted by molar-refractivity contribution is 5.95. The molecule has 2 aromatic rings. The van der Waals surface area contributed by atoms with Crippen LogP contribution in [0.2, 0.25) is 0 Å². The van der Waals surface area contributed by atoms with Gasteiger partial charge in [0.15, 0.2) is 0 Å². The fraction of sp³-hybridized carbons (Fsp3) is 0.500. The fourth-order valence-corrected chi connectivity index (χ4v) is 3.54. The molecule has 0 spiro atoms. The predicted molar refractivity (Wildman–Crippen MR) is 99.7 cm³/mol. The second kappa shape index (κ2) is 8.30. The van der Waals surface area contributed by atoms with E-state index in [0.29, 0.717) is 12.6 Å². The third kappa shape index (κ3) is 4.10. The van der Waals surface area contributed by atoms with E-state index in [1.54, 1.807) is 6.20 Å². The average molecular weight is 340 g/mol. The molecule has 5 heteroatoms. The van der Waals surface area contributed by atoms with Crippen molar-refractivity contribution in [3.63, 3.8) is 0 Å². The van der Waals surface area contributed by atoms with Crippen LogP contribution < -0.4 is 5.32 Å². The minimum absolute atomic E-state index is 0.130. The molecule has 25 heavy (non-hydrogen) atoms. The maximum absolute atomic E-state index is 13.2. The van der Waals surface area contributed by atoms with E-state index in [1.807, 2.05) is 29.8 Å². The van der Waals surface area contributed by atoms with Crippen LogP contribution in [0.15, 0.2) is 36.5 Å². The number of nitrogens with one attached hydrogen (secondary N) is 1. The summed E-state index contributed by atoms with van der Waals surface area (Å²) in [6.45, 7) is 7.62. The van der Waals surface area contributed by atoms with Gasteiger partial charge in [0.05, 0.1) is 18.3 Å². The van der Waals surface area contributed by atoms with Gasteiger partial charge in [-0.3, -0.25) is 9.48 Å². The van der Waals surface area contributed by atoms with Crippen molar-refractivity contribution >= 4 is 5.91 Å². The summed E-state index contributed by atoms with van der Waals surface area (Å²) in [6, 6.07) is 10.6. The normalized spacial score (nSPS) is 15.3. The maximum atomic E-state index is 13.2. The van der Waals surface area contributed by atoms with E-state index in [2.05, 4.69) is 34.4 Å². The largest absolute Gasteiger partial charge is 0.335 e. The molecule has 1 aromatic carbocycles. The molecule has 1 aliphatic heterocycles. The summed E-state index contributed by atoms with van der Waals surface area (Å²) < 4.78 is 1.93. The van der Waals surface area contributed by atoms with Gasteiger partial charge in [-0.2, -0.15) is 5.10 Å². The molecular formula is C20H28N4O. The van der Waals surface area contributed by atoms with E-state index in [9.17, 15) is 4.79 Å². The van der Waals surface area contributed by atoms with Gasteiger partial charge in [0.1, 0.15) is 0 Å².